The molecule has 2 heterocycles. The van der Waals surface area contributed by atoms with Crippen molar-refractivity contribution in [2.75, 3.05) is 38.1 Å². The highest BCUT2D eigenvalue weighted by molar-refractivity contribution is 5.93. The van der Waals surface area contributed by atoms with E-state index in [1.165, 1.54) is 5.56 Å². The fraction of sp³-hybridized carbons (Fsp3) is 0.381. The van der Waals surface area contributed by atoms with Gasteiger partial charge in [-0.05, 0) is 31.5 Å². The van der Waals surface area contributed by atoms with E-state index >= 15 is 0 Å². The van der Waals surface area contributed by atoms with E-state index in [0.717, 1.165) is 5.69 Å². The van der Waals surface area contributed by atoms with Gasteiger partial charge in [0.15, 0.2) is 0 Å². The summed E-state index contributed by atoms with van der Waals surface area (Å²) >= 11 is 0. The normalized spacial score (nSPS) is 15.1. The number of nitrogens with one attached hydrogen (secondary N) is 1. The molecule has 1 fully saturated rings. The molecule has 0 spiro atoms. The zero-order valence-corrected chi connectivity index (χ0v) is 16.3. The van der Waals surface area contributed by atoms with Crippen LogP contribution in [0.15, 0.2) is 48.7 Å². The summed E-state index contributed by atoms with van der Waals surface area (Å²) in [5.41, 5.74) is 2.41. The first-order valence-electron chi connectivity index (χ1n) is 9.57. The van der Waals surface area contributed by atoms with E-state index in [9.17, 15) is 9.59 Å². The Balaban J connectivity index is 1.61. The summed E-state index contributed by atoms with van der Waals surface area (Å²) in [6.45, 7) is 6.08. The van der Waals surface area contributed by atoms with Crippen LogP contribution in [0.5, 0.6) is 0 Å². The molecule has 2 aromatic rings. The number of hydrogen-bond acceptors (Lipinski definition) is 5. The van der Waals surface area contributed by atoms with Gasteiger partial charge in [0, 0.05) is 44.1 Å². The molecule has 1 aliphatic rings. The molecule has 7 heteroatoms. The van der Waals surface area contributed by atoms with Gasteiger partial charge in [-0.1, -0.05) is 30.3 Å². The van der Waals surface area contributed by atoms with Crippen LogP contribution in [0.4, 0.5) is 10.5 Å². The summed E-state index contributed by atoms with van der Waals surface area (Å²) < 4.78 is 5.01. The lowest BCUT2D eigenvalue weighted by Gasteiger charge is -2.33. The number of nitrogens with zero attached hydrogens (tertiary/aromatic N) is 3. The van der Waals surface area contributed by atoms with Crippen LogP contribution in [0.3, 0.4) is 0 Å². The Bertz CT molecular complexity index is 804. The maximum Gasteiger partial charge on any atom is 0.409 e. The van der Waals surface area contributed by atoms with Gasteiger partial charge in [0.25, 0.3) is 5.91 Å². The van der Waals surface area contributed by atoms with Crippen LogP contribution in [0.1, 0.15) is 35.9 Å². The van der Waals surface area contributed by atoms with E-state index < -0.39 is 0 Å². The third kappa shape index (κ3) is 4.79. The first-order chi connectivity index (χ1) is 13.6. The second kappa shape index (κ2) is 9.21. The highest BCUT2D eigenvalue weighted by atomic mass is 16.6. The minimum absolute atomic E-state index is 0.111. The highest BCUT2D eigenvalue weighted by Crippen LogP contribution is 2.20. The second-order valence-electron chi connectivity index (χ2n) is 6.68. The molecule has 148 valence electrons. The van der Waals surface area contributed by atoms with Crippen molar-refractivity contribution >= 4 is 17.7 Å². The number of piperazine rings is 1. The van der Waals surface area contributed by atoms with Crippen molar-refractivity contribution in [3.05, 3.63) is 59.9 Å². The summed E-state index contributed by atoms with van der Waals surface area (Å²) in [6.07, 6.45) is 1.32. The number of carbonyl (C=O) groups is 2. The van der Waals surface area contributed by atoms with Crippen molar-refractivity contribution in [2.24, 2.45) is 0 Å². The van der Waals surface area contributed by atoms with Crippen molar-refractivity contribution in [3.63, 3.8) is 0 Å². The Labute approximate surface area is 165 Å². The molecule has 1 saturated heterocycles. The number of hydrogen-bond donors (Lipinski definition) is 1. The van der Waals surface area contributed by atoms with Crippen LogP contribution >= 0.6 is 0 Å². The molecule has 7 nitrogen and oxygen atoms in total. The molecule has 1 aliphatic heterocycles. The third-order valence-corrected chi connectivity index (χ3v) is 4.75. The van der Waals surface area contributed by atoms with Crippen molar-refractivity contribution < 1.29 is 14.3 Å². The Morgan fingerprint density at radius 1 is 1.11 bits per heavy atom. The summed E-state index contributed by atoms with van der Waals surface area (Å²) in [5, 5.41) is 3.41. The van der Waals surface area contributed by atoms with Crippen LogP contribution in [0, 0.1) is 0 Å². The number of amides is 2. The molecule has 3 rings (SSSR count). The molecule has 1 atom stereocenters. The van der Waals surface area contributed by atoms with Gasteiger partial charge in [-0.15, -0.1) is 0 Å². The highest BCUT2D eigenvalue weighted by Gasteiger charge is 2.26. The summed E-state index contributed by atoms with van der Waals surface area (Å²) in [5.74, 6) is -0.125. The van der Waals surface area contributed by atoms with Gasteiger partial charge < -0.3 is 19.9 Å². The standard InChI is InChI=1S/C21H26N4O3/c1-3-28-21(27)25-13-11-24(12-14-25)20(26)19-15-18(9-10-22-19)23-16(2)17-7-5-4-6-8-17/h4-10,15-16H,3,11-14H2,1-2H3,(H,22,23). The molecule has 2 amide bonds. The van der Waals surface area contributed by atoms with Crippen molar-refractivity contribution in [3.8, 4) is 0 Å². The summed E-state index contributed by atoms with van der Waals surface area (Å²) in [7, 11) is 0. The predicted molar refractivity (Wildman–Crippen MR) is 107 cm³/mol. The lowest BCUT2D eigenvalue weighted by Crippen LogP contribution is -2.50. The van der Waals surface area contributed by atoms with E-state index in [2.05, 4.69) is 29.4 Å². The molecular weight excluding hydrogens is 356 g/mol. The van der Waals surface area contributed by atoms with Gasteiger partial charge in [-0.3, -0.25) is 9.78 Å². The van der Waals surface area contributed by atoms with Gasteiger partial charge in [0.1, 0.15) is 5.69 Å². The second-order valence-corrected chi connectivity index (χ2v) is 6.68. The van der Waals surface area contributed by atoms with E-state index in [4.69, 9.17) is 4.74 Å². The monoisotopic (exact) mass is 382 g/mol. The average Bonchev–Trinajstić information content (AvgIpc) is 2.74. The number of aromatic nitrogens is 1. The zero-order chi connectivity index (χ0) is 19.9. The van der Waals surface area contributed by atoms with Crippen LogP contribution in [0.2, 0.25) is 0 Å². The van der Waals surface area contributed by atoms with Crippen LogP contribution < -0.4 is 5.32 Å². The lowest BCUT2D eigenvalue weighted by atomic mass is 10.1. The maximum atomic E-state index is 12.8. The maximum absolute atomic E-state index is 12.8. The van der Waals surface area contributed by atoms with Gasteiger partial charge in [-0.25, -0.2) is 4.79 Å². The quantitative estimate of drug-likeness (QED) is 0.860. The molecule has 28 heavy (non-hydrogen) atoms. The number of benzene rings is 1. The van der Waals surface area contributed by atoms with E-state index in [-0.39, 0.29) is 18.0 Å². The summed E-state index contributed by atoms with van der Waals surface area (Å²) in [6, 6.07) is 13.9. The molecule has 0 bridgehead atoms. The average molecular weight is 382 g/mol. The number of rotatable bonds is 5. The lowest BCUT2D eigenvalue weighted by molar-refractivity contribution is 0.0566. The van der Waals surface area contributed by atoms with Crippen LogP contribution in [-0.4, -0.2) is 59.6 Å². The minimum Gasteiger partial charge on any atom is -0.450 e. The fourth-order valence-electron chi connectivity index (χ4n) is 3.18. The molecular formula is C21H26N4O3. The SMILES string of the molecule is CCOC(=O)N1CCN(C(=O)c2cc(NC(C)c3ccccc3)ccn2)CC1. The molecule has 1 N–H and O–H groups in total. The van der Waals surface area contributed by atoms with Crippen molar-refractivity contribution in [1.82, 2.24) is 14.8 Å². The molecule has 0 saturated carbocycles. The topological polar surface area (TPSA) is 74.8 Å². The van der Waals surface area contributed by atoms with E-state index in [1.807, 2.05) is 24.3 Å². The van der Waals surface area contributed by atoms with Gasteiger partial charge in [0.2, 0.25) is 0 Å². The smallest absolute Gasteiger partial charge is 0.409 e. The number of pyridine rings is 1. The first-order valence-corrected chi connectivity index (χ1v) is 9.57. The van der Waals surface area contributed by atoms with Crippen LogP contribution in [0.25, 0.3) is 0 Å². The minimum atomic E-state index is -0.325. The Morgan fingerprint density at radius 3 is 2.46 bits per heavy atom. The number of anilines is 1. The number of carbonyl (C=O) groups excluding carboxylic acids is 2. The molecule has 1 aromatic heterocycles. The van der Waals surface area contributed by atoms with Crippen molar-refractivity contribution in [2.45, 2.75) is 19.9 Å². The fourth-order valence-corrected chi connectivity index (χ4v) is 3.18. The summed E-state index contributed by atoms with van der Waals surface area (Å²) in [4.78, 5) is 32.2. The van der Waals surface area contributed by atoms with Crippen LogP contribution in [-0.2, 0) is 4.74 Å². The molecule has 0 radical (unpaired) electrons. The third-order valence-electron chi connectivity index (χ3n) is 4.75. The van der Waals surface area contributed by atoms with Gasteiger partial charge >= 0.3 is 6.09 Å². The van der Waals surface area contributed by atoms with E-state index in [1.54, 1.807) is 29.0 Å². The first kappa shape index (κ1) is 19.7. The molecule has 1 unspecified atom stereocenters. The number of ether oxygens (including phenoxy) is 1. The van der Waals surface area contributed by atoms with E-state index in [0.29, 0.717) is 38.5 Å². The zero-order valence-electron chi connectivity index (χ0n) is 16.3. The molecule has 1 aromatic carbocycles. The van der Waals surface area contributed by atoms with Crippen molar-refractivity contribution in [1.29, 1.82) is 0 Å². The van der Waals surface area contributed by atoms with Gasteiger partial charge in [0.05, 0.1) is 6.61 Å². The Hall–Kier alpha value is -3.09. The predicted octanol–water partition coefficient (Wildman–Crippen LogP) is 3.17. The molecule has 0 aliphatic carbocycles. The van der Waals surface area contributed by atoms with Gasteiger partial charge in [-0.2, -0.15) is 0 Å². The Morgan fingerprint density at radius 2 is 1.79 bits per heavy atom. The Kier molecular flexibility index (Phi) is 6.47. The largest absolute Gasteiger partial charge is 0.450 e.